The summed E-state index contributed by atoms with van der Waals surface area (Å²) in [6.07, 6.45) is 5.82. The second kappa shape index (κ2) is 7.87. The van der Waals surface area contributed by atoms with E-state index in [-0.39, 0.29) is 13.2 Å². The highest BCUT2D eigenvalue weighted by Gasteiger charge is 2.02. The van der Waals surface area contributed by atoms with E-state index in [2.05, 4.69) is 0 Å². The third-order valence-electron chi connectivity index (χ3n) is 2.53. The number of hydrogen-bond donors (Lipinski definition) is 3. The summed E-state index contributed by atoms with van der Waals surface area (Å²) < 4.78 is 5.34. The Morgan fingerprint density at radius 3 is 2.78 bits per heavy atom. The summed E-state index contributed by atoms with van der Waals surface area (Å²) in [7, 11) is 0. The van der Waals surface area contributed by atoms with Gasteiger partial charge in [-0.3, -0.25) is 0 Å². The molecule has 0 radical (unpaired) electrons. The van der Waals surface area contributed by atoms with Gasteiger partial charge in [-0.15, -0.1) is 0 Å². The zero-order valence-corrected chi connectivity index (χ0v) is 10.5. The maximum atomic E-state index is 9.56. The van der Waals surface area contributed by atoms with Crippen LogP contribution in [0.5, 0.6) is 0 Å². The van der Waals surface area contributed by atoms with E-state index in [0.717, 1.165) is 12.0 Å². The number of furan rings is 1. The van der Waals surface area contributed by atoms with Crippen molar-refractivity contribution in [1.29, 1.82) is 0 Å². The summed E-state index contributed by atoms with van der Waals surface area (Å²) in [6, 6.07) is 3.54. The summed E-state index contributed by atoms with van der Waals surface area (Å²) >= 11 is 0. The van der Waals surface area contributed by atoms with E-state index >= 15 is 0 Å². The highest BCUT2D eigenvalue weighted by Crippen LogP contribution is 2.15. The Morgan fingerprint density at radius 1 is 1.39 bits per heavy atom. The molecule has 3 N–H and O–H groups in total. The van der Waals surface area contributed by atoms with E-state index in [9.17, 15) is 5.11 Å². The Labute approximate surface area is 107 Å². The number of allylic oxidation sites excluding steroid dienone is 1. The largest absolute Gasteiger partial charge is 0.459 e. The molecule has 0 aliphatic carbocycles. The van der Waals surface area contributed by atoms with E-state index in [4.69, 9.17) is 14.6 Å². The molecule has 4 heteroatoms. The van der Waals surface area contributed by atoms with E-state index in [1.165, 1.54) is 6.08 Å². The number of aliphatic hydroxyl groups excluding tert-OH is 3. The number of rotatable bonds is 7. The molecule has 0 aromatic carbocycles. The molecule has 0 saturated carbocycles. The van der Waals surface area contributed by atoms with Crippen LogP contribution in [0.3, 0.4) is 0 Å². The standard InChI is InChI=1S/C14H20O4/c1-11(4-5-12(17)3-2-8-15)9-13-6-7-14(10-16)18-13/h2-3,6-7,9,12,15-17H,4-5,8,10H2,1H3/b3-2-,11-9+/t12-/m0/s1. The van der Waals surface area contributed by atoms with Crippen molar-refractivity contribution in [1.82, 2.24) is 0 Å². The molecular formula is C14H20O4. The molecular weight excluding hydrogens is 232 g/mol. The summed E-state index contributed by atoms with van der Waals surface area (Å²) in [5.41, 5.74) is 1.09. The molecule has 0 aliphatic rings. The first-order valence-corrected chi connectivity index (χ1v) is 5.98. The minimum Gasteiger partial charge on any atom is -0.459 e. The molecule has 1 atom stereocenters. The van der Waals surface area contributed by atoms with Crippen LogP contribution in [0, 0.1) is 0 Å². The van der Waals surface area contributed by atoms with Crippen molar-refractivity contribution in [2.75, 3.05) is 6.61 Å². The van der Waals surface area contributed by atoms with Gasteiger partial charge in [0, 0.05) is 0 Å². The second-order valence-electron chi connectivity index (χ2n) is 4.17. The molecule has 1 aromatic heterocycles. The molecule has 4 nitrogen and oxygen atoms in total. The van der Waals surface area contributed by atoms with Crippen molar-refractivity contribution in [3.05, 3.63) is 41.4 Å². The molecule has 0 fully saturated rings. The molecule has 0 amide bonds. The van der Waals surface area contributed by atoms with Crippen molar-refractivity contribution in [2.24, 2.45) is 0 Å². The lowest BCUT2D eigenvalue weighted by atomic mass is 10.1. The number of aliphatic hydroxyl groups is 3. The quantitative estimate of drug-likeness (QED) is 0.648. The fraction of sp³-hybridized carbons (Fsp3) is 0.429. The summed E-state index contributed by atoms with van der Waals surface area (Å²) in [5.74, 6) is 1.25. The predicted molar refractivity (Wildman–Crippen MR) is 69.7 cm³/mol. The van der Waals surface area contributed by atoms with Gasteiger partial charge >= 0.3 is 0 Å². The Kier molecular flexibility index (Phi) is 6.43. The first-order chi connectivity index (χ1) is 8.65. The molecule has 0 bridgehead atoms. The lowest BCUT2D eigenvalue weighted by molar-refractivity contribution is 0.211. The van der Waals surface area contributed by atoms with Gasteiger partial charge in [0.25, 0.3) is 0 Å². The van der Waals surface area contributed by atoms with Crippen molar-refractivity contribution in [3.63, 3.8) is 0 Å². The first-order valence-electron chi connectivity index (χ1n) is 5.98. The van der Waals surface area contributed by atoms with Crippen LogP contribution in [0.15, 0.2) is 34.3 Å². The summed E-state index contributed by atoms with van der Waals surface area (Å²) in [5, 5.41) is 27.0. The molecule has 0 saturated heterocycles. The van der Waals surface area contributed by atoms with Gasteiger partial charge in [-0.1, -0.05) is 17.7 Å². The van der Waals surface area contributed by atoms with Gasteiger partial charge in [0.1, 0.15) is 18.1 Å². The maximum absolute atomic E-state index is 9.56. The van der Waals surface area contributed by atoms with E-state index in [1.807, 2.05) is 13.0 Å². The predicted octanol–water partition coefficient (Wildman–Crippen LogP) is 1.86. The minimum atomic E-state index is -0.537. The summed E-state index contributed by atoms with van der Waals surface area (Å²) in [4.78, 5) is 0. The van der Waals surface area contributed by atoms with Gasteiger partial charge < -0.3 is 19.7 Å². The molecule has 1 aromatic rings. The lowest BCUT2D eigenvalue weighted by Crippen LogP contribution is -2.02. The van der Waals surface area contributed by atoms with Crippen molar-refractivity contribution in [3.8, 4) is 0 Å². The Bertz CT molecular complexity index is 404. The molecule has 1 heterocycles. The van der Waals surface area contributed by atoms with Crippen LogP contribution < -0.4 is 0 Å². The normalized spacial score (nSPS) is 14.3. The second-order valence-corrected chi connectivity index (χ2v) is 4.17. The third-order valence-corrected chi connectivity index (χ3v) is 2.53. The molecule has 18 heavy (non-hydrogen) atoms. The van der Waals surface area contributed by atoms with Crippen LogP contribution in [-0.4, -0.2) is 28.0 Å². The molecule has 1 rings (SSSR count). The number of hydrogen-bond acceptors (Lipinski definition) is 4. The van der Waals surface area contributed by atoms with Gasteiger partial charge in [0.15, 0.2) is 0 Å². The SMILES string of the molecule is C/C(=C\c1ccc(CO)o1)CC[C@@H](O)/C=C\CO. The van der Waals surface area contributed by atoms with Crippen molar-refractivity contribution >= 4 is 6.08 Å². The minimum absolute atomic E-state index is 0.0534. The highest BCUT2D eigenvalue weighted by molar-refractivity contribution is 5.46. The van der Waals surface area contributed by atoms with Gasteiger partial charge in [-0.05, 0) is 38.0 Å². The van der Waals surface area contributed by atoms with Gasteiger partial charge in [0.05, 0.1) is 12.7 Å². The molecule has 0 spiro atoms. The summed E-state index contributed by atoms with van der Waals surface area (Å²) in [6.45, 7) is 1.81. The Balaban J connectivity index is 2.44. The smallest absolute Gasteiger partial charge is 0.130 e. The molecule has 100 valence electrons. The third kappa shape index (κ3) is 5.31. The Hall–Kier alpha value is -1.36. The lowest BCUT2D eigenvalue weighted by Gasteiger charge is -2.05. The zero-order chi connectivity index (χ0) is 13.4. The Morgan fingerprint density at radius 2 is 2.17 bits per heavy atom. The average molecular weight is 252 g/mol. The maximum Gasteiger partial charge on any atom is 0.130 e. The fourth-order valence-electron chi connectivity index (χ4n) is 1.56. The van der Waals surface area contributed by atoms with Gasteiger partial charge in [0.2, 0.25) is 0 Å². The van der Waals surface area contributed by atoms with E-state index < -0.39 is 6.10 Å². The van der Waals surface area contributed by atoms with Crippen molar-refractivity contribution < 1.29 is 19.7 Å². The van der Waals surface area contributed by atoms with Crippen LogP contribution in [0.4, 0.5) is 0 Å². The fourth-order valence-corrected chi connectivity index (χ4v) is 1.56. The van der Waals surface area contributed by atoms with Gasteiger partial charge in [-0.25, -0.2) is 0 Å². The zero-order valence-electron chi connectivity index (χ0n) is 10.5. The molecule has 0 unspecified atom stereocenters. The van der Waals surface area contributed by atoms with E-state index in [1.54, 1.807) is 18.2 Å². The van der Waals surface area contributed by atoms with Crippen LogP contribution in [0.25, 0.3) is 6.08 Å². The van der Waals surface area contributed by atoms with Crippen LogP contribution in [-0.2, 0) is 6.61 Å². The van der Waals surface area contributed by atoms with Gasteiger partial charge in [-0.2, -0.15) is 0 Å². The molecule has 0 aliphatic heterocycles. The highest BCUT2D eigenvalue weighted by atomic mass is 16.4. The topological polar surface area (TPSA) is 73.8 Å². The van der Waals surface area contributed by atoms with Crippen LogP contribution >= 0.6 is 0 Å². The van der Waals surface area contributed by atoms with Crippen LogP contribution in [0.2, 0.25) is 0 Å². The average Bonchev–Trinajstić information content (AvgIpc) is 2.81. The monoisotopic (exact) mass is 252 g/mol. The first kappa shape index (κ1) is 14.7. The van der Waals surface area contributed by atoms with Crippen LogP contribution in [0.1, 0.15) is 31.3 Å². The van der Waals surface area contributed by atoms with Crippen molar-refractivity contribution in [2.45, 2.75) is 32.5 Å². The van der Waals surface area contributed by atoms with E-state index in [0.29, 0.717) is 17.9 Å².